The summed E-state index contributed by atoms with van der Waals surface area (Å²) < 4.78 is 0. The van der Waals surface area contributed by atoms with Gasteiger partial charge in [0.05, 0.1) is 0 Å². The fourth-order valence-corrected chi connectivity index (χ4v) is 3.11. The van der Waals surface area contributed by atoms with Crippen molar-refractivity contribution in [3.8, 4) is 0 Å². The fraction of sp³-hybridized carbons (Fsp3) is 0.375. The SMILES string of the molecule is CCc1ccsc1CNCCC(N)c1ccccc1. The van der Waals surface area contributed by atoms with E-state index in [-0.39, 0.29) is 6.04 Å². The van der Waals surface area contributed by atoms with Gasteiger partial charge in [-0.3, -0.25) is 0 Å². The second-order valence-corrected chi connectivity index (χ2v) is 5.71. The van der Waals surface area contributed by atoms with Gasteiger partial charge < -0.3 is 11.1 Å². The molecule has 0 aliphatic rings. The highest BCUT2D eigenvalue weighted by Gasteiger charge is 2.05. The minimum atomic E-state index is 0.127. The van der Waals surface area contributed by atoms with Crippen LogP contribution in [0.5, 0.6) is 0 Å². The van der Waals surface area contributed by atoms with E-state index < -0.39 is 0 Å². The molecule has 2 aromatic rings. The quantitative estimate of drug-likeness (QED) is 0.759. The van der Waals surface area contributed by atoms with E-state index in [2.05, 4.69) is 35.8 Å². The minimum Gasteiger partial charge on any atom is -0.324 e. The molecule has 0 radical (unpaired) electrons. The Kier molecular flexibility index (Phi) is 5.58. The number of benzene rings is 1. The summed E-state index contributed by atoms with van der Waals surface area (Å²) in [5, 5.41) is 5.67. The summed E-state index contributed by atoms with van der Waals surface area (Å²) in [6, 6.07) is 12.7. The molecule has 1 heterocycles. The molecule has 2 rings (SSSR count). The summed E-state index contributed by atoms with van der Waals surface area (Å²) in [7, 11) is 0. The lowest BCUT2D eigenvalue weighted by molar-refractivity contribution is 0.581. The highest BCUT2D eigenvalue weighted by atomic mass is 32.1. The average molecular weight is 274 g/mol. The van der Waals surface area contributed by atoms with Crippen LogP contribution >= 0.6 is 11.3 Å². The van der Waals surface area contributed by atoms with Gasteiger partial charge >= 0.3 is 0 Å². The normalized spacial score (nSPS) is 12.5. The molecule has 0 aliphatic carbocycles. The molecule has 0 aliphatic heterocycles. The number of nitrogens with two attached hydrogens (primary N) is 1. The Labute approximate surface area is 119 Å². The maximum Gasteiger partial charge on any atom is 0.0306 e. The van der Waals surface area contributed by atoms with E-state index in [0.717, 1.165) is 25.9 Å². The molecule has 1 aromatic heterocycles. The van der Waals surface area contributed by atoms with Crippen molar-refractivity contribution in [2.24, 2.45) is 5.73 Å². The first-order valence-corrected chi connectivity index (χ1v) is 7.75. The van der Waals surface area contributed by atoms with Crippen LogP contribution in [0.4, 0.5) is 0 Å². The topological polar surface area (TPSA) is 38.0 Å². The van der Waals surface area contributed by atoms with Gasteiger partial charge in [-0.15, -0.1) is 11.3 Å². The smallest absolute Gasteiger partial charge is 0.0306 e. The molecule has 3 heteroatoms. The van der Waals surface area contributed by atoms with Crippen molar-refractivity contribution >= 4 is 11.3 Å². The van der Waals surface area contributed by atoms with E-state index in [1.807, 2.05) is 29.5 Å². The van der Waals surface area contributed by atoms with Crippen molar-refractivity contribution in [3.05, 3.63) is 57.8 Å². The molecule has 0 amide bonds. The van der Waals surface area contributed by atoms with Gasteiger partial charge in [0.25, 0.3) is 0 Å². The van der Waals surface area contributed by atoms with Gasteiger partial charge in [0.15, 0.2) is 0 Å². The molecule has 0 saturated carbocycles. The van der Waals surface area contributed by atoms with Crippen LogP contribution in [0.25, 0.3) is 0 Å². The van der Waals surface area contributed by atoms with E-state index in [4.69, 9.17) is 5.73 Å². The Bertz CT molecular complexity index is 479. The summed E-state index contributed by atoms with van der Waals surface area (Å²) >= 11 is 1.84. The lowest BCUT2D eigenvalue weighted by atomic mass is 10.1. The zero-order chi connectivity index (χ0) is 13.5. The van der Waals surface area contributed by atoms with Gasteiger partial charge in [-0.2, -0.15) is 0 Å². The van der Waals surface area contributed by atoms with Gasteiger partial charge in [0.2, 0.25) is 0 Å². The highest BCUT2D eigenvalue weighted by molar-refractivity contribution is 7.10. The summed E-state index contributed by atoms with van der Waals surface area (Å²) in [6.07, 6.45) is 2.08. The van der Waals surface area contributed by atoms with Gasteiger partial charge in [-0.1, -0.05) is 37.3 Å². The molecule has 0 saturated heterocycles. The van der Waals surface area contributed by atoms with Gasteiger partial charge in [-0.25, -0.2) is 0 Å². The zero-order valence-corrected chi connectivity index (χ0v) is 12.2. The largest absolute Gasteiger partial charge is 0.324 e. The molecule has 1 aromatic carbocycles. The van der Waals surface area contributed by atoms with E-state index in [9.17, 15) is 0 Å². The molecule has 19 heavy (non-hydrogen) atoms. The van der Waals surface area contributed by atoms with E-state index in [0.29, 0.717) is 0 Å². The summed E-state index contributed by atoms with van der Waals surface area (Å²) in [5.41, 5.74) is 8.85. The predicted molar refractivity (Wildman–Crippen MR) is 83.4 cm³/mol. The van der Waals surface area contributed by atoms with Crippen molar-refractivity contribution in [3.63, 3.8) is 0 Å². The number of hydrogen-bond acceptors (Lipinski definition) is 3. The van der Waals surface area contributed by atoms with Crippen LogP contribution in [-0.4, -0.2) is 6.54 Å². The Morgan fingerprint density at radius 1 is 1.21 bits per heavy atom. The molecular weight excluding hydrogens is 252 g/mol. The molecular formula is C16H22N2S. The van der Waals surface area contributed by atoms with Crippen molar-refractivity contribution in [1.82, 2.24) is 5.32 Å². The van der Waals surface area contributed by atoms with E-state index >= 15 is 0 Å². The molecule has 1 unspecified atom stereocenters. The third kappa shape index (κ3) is 4.16. The van der Waals surface area contributed by atoms with Crippen LogP contribution in [0, 0.1) is 0 Å². The number of thiophene rings is 1. The predicted octanol–water partition coefficient (Wildman–Crippen LogP) is 3.49. The van der Waals surface area contributed by atoms with Crippen LogP contribution in [0.2, 0.25) is 0 Å². The van der Waals surface area contributed by atoms with Crippen LogP contribution in [0.1, 0.15) is 35.4 Å². The molecule has 1 atom stereocenters. The van der Waals surface area contributed by atoms with Crippen molar-refractivity contribution in [1.29, 1.82) is 0 Å². The van der Waals surface area contributed by atoms with Crippen molar-refractivity contribution < 1.29 is 0 Å². The lowest BCUT2D eigenvalue weighted by Gasteiger charge is -2.12. The van der Waals surface area contributed by atoms with Crippen LogP contribution in [0.3, 0.4) is 0 Å². The second kappa shape index (κ2) is 7.43. The summed E-state index contributed by atoms with van der Waals surface area (Å²) in [6.45, 7) is 4.12. The first kappa shape index (κ1) is 14.3. The van der Waals surface area contributed by atoms with Crippen LogP contribution < -0.4 is 11.1 Å². The highest BCUT2D eigenvalue weighted by Crippen LogP contribution is 2.17. The third-order valence-corrected chi connectivity index (χ3v) is 4.33. The molecule has 0 bridgehead atoms. The standard InChI is InChI=1S/C16H22N2S/c1-2-13-9-11-19-16(13)12-18-10-8-15(17)14-6-4-3-5-7-14/h3-7,9,11,15,18H,2,8,10,12,17H2,1H3. The molecule has 0 spiro atoms. The van der Waals surface area contributed by atoms with Crippen LogP contribution in [0.15, 0.2) is 41.8 Å². The second-order valence-electron chi connectivity index (χ2n) is 4.71. The maximum atomic E-state index is 6.17. The number of rotatable bonds is 7. The first-order valence-electron chi connectivity index (χ1n) is 6.87. The van der Waals surface area contributed by atoms with E-state index in [1.165, 1.54) is 16.0 Å². The van der Waals surface area contributed by atoms with E-state index in [1.54, 1.807) is 0 Å². The molecule has 3 N–H and O–H groups in total. The summed E-state index contributed by atoms with van der Waals surface area (Å²) in [5.74, 6) is 0. The molecule has 102 valence electrons. The zero-order valence-electron chi connectivity index (χ0n) is 11.4. The number of hydrogen-bond donors (Lipinski definition) is 2. The average Bonchev–Trinajstić information content (AvgIpc) is 2.91. The Hall–Kier alpha value is -1.16. The Balaban J connectivity index is 1.72. The van der Waals surface area contributed by atoms with Gasteiger partial charge in [0, 0.05) is 17.5 Å². The molecule has 0 fully saturated rings. The monoisotopic (exact) mass is 274 g/mol. The third-order valence-electron chi connectivity index (χ3n) is 3.36. The summed E-state index contributed by atoms with van der Waals surface area (Å²) in [4.78, 5) is 1.45. The van der Waals surface area contributed by atoms with Crippen LogP contribution in [-0.2, 0) is 13.0 Å². The number of aryl methyl sites for hydroxylation is 1. The van der Waals surface area contributed by atoms with Gasteiger partial charge in [-0.05, 0) is 42.0 Å². The Morgan fingerprint density at radius 2 is 2.00 bits per heavy atom. The van der Waals surface area contributed by atoms with Crippen molar-refractivity contribution in [2.45, 2.75) is 32.4 Å². The lowest BCUT2D eigenvalue weighted by Crippen LogP contribution is -2.20. The Morgan fingerprint density at radius 3 is 2.74 bits per heavy atom. The molecule has 2 nitrogen and oxygen atoms in total. The number of nitrogens with one attached hydrogen (secondary N) is 1. The maximum absolute atomic E-state index is 6.17. The van der Waals surface area contributed by atoms with Gasteiger partial charge in [0.1, 0.15) is 0 Å². The van der Waals surface area contributed by atoms with Crippen molar-refractivity contribution in [2.75, 3.05) is 6.54 Å². The fourth-order valence-electron chi connectivity index (χ4n) is 2.16. The first-order chi connectivity index (χ1) is 9.31. The minimum absolute atomic E-state index is 0.127.